The average Bonchev–Trinajstić information content (AvgIpc) is 2.44. The van der Waals surface area contributed by atoms with E-state index in [4.69, 9.17) is 0 Å². The summed E-state index contributed by atoms with van der Waals surface area (Å²) in [5, 5.41) is 5.54. The average molecular weight is 254 g/mol. The molecule has 0 saturated carbocycles. The Bertz CT molecular complexity index is 306. The number of unbranched alkanes of at least 4 members (excludes halogenated alkanes) is 1. The quantitative estimate of drug-likeness (QED) is 0.812. The van der Waals surface area contributed by atoms with Gasteiger partial charge < -0.3 is 10.6 Å². The van der Waals surface area contributed by atoms with E-state index in [-0.39, 0.29) is 8.88 Å². The Hall–Kier alpha value is -1.51. The molecule has 0 radical (unpaired) electrons. The lowest BCUT2D eigenvalue weighted by Crippen LogP contribution is -2.35. The van der Waals surface area contributed by atoms with Crippen LogP contribution in [0.3, 0.4) is 0 Å². The van der Waals surface area contributed by atoms with E-state index < -0.39 is 0 Å². The zero-order valence-electron chi connectivity index (χ0n) is 11.8. The van der Waals surface area contributed by atoms with Crippen LogP contribution in [0.5, 0.6) is 0 Å². The molecular weight excluding hydrogens is 224 g/mol. The van der Waals surface area contributed by atoms with Gasteiger partial charge in [-0.3, -0.25) is 0 Å². The van der Waals surface area contributed by atoms with E-state index >= 15 is 0 Å². The summed E-state index contributed by atoms with van der Waals surface area (Å²) in [6.45, 7) is 7.69. The van der Waals surface area contributed by atoms with Crippen LogP contribution in [0.25, 0.3) is 0 Å². The highest BCUT2D eigenvalue weighted by Crippen LogP contribution is 1.96. The first-order valence-electron chi connectivity index (χ1n) is 6.80. The van der Waals surface area contributed by atoms with Gasteiger partial charge in [0.05, 0.1) is 0 Å². The molecule has 0 fully saturated rings. The molecule has 3 nitrogen and oxygen atoms in total. The lowest BCUT2D eigenvalue weighted by atomic mass is 10.2. The number of hydrogen-bond acceptors (Lipinski definition) is 1. The molecule has 0 atom stereocenters. The maximum absolute atomic E-state index is 11.2. The third-order valence-corrected chi connectivity index (χ3v) is 2.33. The van der Waals surface area contributed by atoms with Crippen LogP contribution in [0.2, 0.25) is 0 Å². The molecule has 0 spiro atoms. The molecule has 1 aromatic rings. The van der Waals surface area contributed by atoms with E-state index in [0.717, 1.165) is 18.5 Å². The highest BCUT2D eigenvalue weighted by Gasteiger charge is 1.97. The number of amides is 2. The summed E-state index contributed by atoms with van der Waals surface area (Å²) in [6, 6.07) is 9.75. The molecule has 0 aliphatic heterocycles. The maximum Gasteiger partial charge on any atom is 0.315 e. The van der Waals surface area contributed by atoms with Crippen LogP contribution in [-0.2, 0) is 6.54 Å². The minimum absolute atomic E-state index is 0. The Kier molecular flexibility index (Phi) is 11.0. The Morgan fingerprint density at radius 1 is 1.00 bits per heavy atom. The van der Waals surface area contributed by atoms with Crippen LogP contribution >= 0.6 is 0 Å². The monoisotopic (exact) mass is 254 g/mol. The molecule has 0 unspecified atom stereocenters. The van der Waals surface area contributed by atoms with Gasteiger partial charge in [0.2, 0.25) is 0 Å². The molecular formula is C15H30N2O. The summed E-state index contributed by atoms with van der Waals surface area (Å²) in [5.41, 5.74) is 1.11. The highest BCUT2D eigenvalue weighted by atomic mass is 16.2. The van der Waals surface area contributed by atoms with Crippen molar-refractivity contribution >= 4 is 6.03 Å². The topological polar surface area (TPSA) is 41.1 Å². The van der Waals surface area contributed by atoms with Gasteiger partial charge in [-0.2, -0.15) is 0 Å². The van der Waals surface area contributed by atoms with Crippen molar-refractivity contribution in [2.45, 2.75) is 46.6 Å². The molecule has 106 valence electrons. The predicted molar refractivity (Wildman–Crippen MR) is 81.8 cm³/mol. The van der Waals surface area contributed by atoms with Gasteiger partial charge in [-0.15, -0.1) is 0 Å². The summed E-state index contributed by atoms with van der Waals surface area (Å²) in [5.74, 6) is 0. The maximum atomic E-state index is 11.2. The SMILES string of the molecule is CCCC.CCCNC(=O)NCc1ccccc1.[HH].[HH]. The minimum Gasteiger partial charge on any atom is -0.338 e. The van der Waals surface area contributed by atoms with Crippen molar-refractivity contribution in [1.82, 2.24) is 10.6 Å². The second kappa shape index (κ2) is 12.0. The summed E-state index contributed by atoms with van der Waals surface area (Å²) in [7, 11) is 0. The fourth-order valence-corrected chi connectivity index (χ4v) is 1.08. The number of hydrogen-bond donors (Lipinski definition) is 2. The first-order valence-corrected chi connectivity index (χ1v) is 6.80. The van der Waals surface area contributed by atoms with Crippen LogP contribution in [0, 0.1) is 0 Å². The largest absolute Gasteiger partial charge is 0.338 e. The van der Waals surface area contributed by atoms with Crippen molar-refractivity contribution in [3.8, 4) is 0 Å². The van der Waals surface area contributed by atoms with Crippen molar-refractivity contribution in [2.75, 3.05) is 6.54 Å². The van der Waals surface area contributed by atoms with Gasteiger partial charge in [0, 0.05) is 15.9 Å². The standard InChI is InChI=1S/C11H16N2O.C4H10.2H2/c1-2-8-12-11(14)13-9-10-6-4-3-5-7-10;1-3-4-2;;/h3-7H,2,8-9H2,1H3,(H2,12,13,14);3-4H2,1-2H3;2*1H. The molecule has 0 aliphatic rings. The Morgan fingerprint density at radius 2 is 1.61 bits per heavy atom. The second-order valence-corrected chi connectivity index (χ2v) is 4.10. The van der Waals surface area contributed by atoms with Crippen molar-refractivity contribution in [2.24, 2.45) is 0 Å². The lowest BCUT2D eigenvalue weighted by Gasteiger charge is -2.06. The summed E-state index contributed by atoms with van der Waals surface area (Å²) in [6.07, 6.45) is 3.60. The minimum atomic E-state index is -0.101. The molecule has 2 N–H and O–H groups in total. The zero-order valence-corrected chi connectivity index (χ0v) is 11.8. The van der Waals surface area contributed by atoms with E-state index in [2.05, 4.69) is 24.5 Å². The van der Waals surface area contributed by atoms with Gasteiger partial charge in [-0.05, 0) is 12.0 Å². The molecule has 2 amide bonds. The van der Waals surface area contributed by atoms with Gasteiger partial charge in [-0.25, -0.2) is 4.79 Å². The van der Waals surface area contributed by atoms with Crippen molar-refractivity contribution < 1.29 is 7.65 Å². The lowest BCUT2D eigenvalue weighted by molar-refractivity contribution is 0.240. The van der Waals surface area contributed by atoms with Crippen LogP contribution in [-0.4, -0.2) is 12.6 Å². The molecule has 0 saturated heterocycles. The molecule has 3 heteroatoms. The molecule has 1 rings (SSSR count). The Morgan fingerprint density at radius 3 is 2.11 bits per heavy atom. The molecule has 0 bridgehead atoms. The summed E-state index contributed by atoms with van der Waals surface area (Å²) in [4.78, 5) is 11.2. The normalized spacial score (nSPS) is 9.06. The summed E-state index contributed by atoms with van der Waals surface area (Å²) >= 11 is 0. The highest BCUT2D eigenvalue weighted by molar-refractivity contribution is 5.73. The van der Waals surface area contributed by atoms with Crippen molar-refractivity contribution in [3.63, 3.8) is 0 Å². The smallest absolute Gasteiger partial charge is 0.315 e. The van der Waals surface area contributed by atoms with Crippen LogP contribution in [0.4, 0.5) is 4.79 Å². The number of carbonyl (C=O) groups is 1. The van der Waals surface area contributed by atoms with E-state index in [1.54, 1.807) is 0 Å². The molecule has 0 aromatic heterocycles. The third-order valence-electron chi connectivity index (χ3n) is 2.33. The molecule has 18 heavy (non-hydrogen) atoms. The number of rotatable bonds is 5. The van der Waals surface area contributed by atoms with E-state index in [1.165, 1.54) is 12.8 Å². The molecule has 0 aliphatic carbocycles. The van der Waals surface area contributed by atoms with E-state index in [1.807, 2.05) is 37.3 Å². The first kappa shape index (κ1) is 16.5. The van der Waals surface area contributed by atoms with Gasteiger partial charge in [0.1, 0.15) is 0 Å². The van der Waals surface area contributed by atoms with Gasteiger partial charge in [0.25, 0.3) is 0 Å². The van der Waals surface area contributed by atoms with Crippen LogP contribution < -0.4 is 10.6 Å². The Balaban J connectivity index is -0.000000429. The van der Waals surface area contributed by atoms with Crippen LogP contribution in [0.1, 0.15) is 48.5 Å². The number of carbonyl (C=O) groups excluding carboxylic acids is 1. The number of urea groups is 1. The zero-order chi connectivity index (χ0) is 13.6. The van der Waals surface area contributed by atoms with Crippen LogP contribution in [0.15, 0.2) is 30.3 Å². The van der Waals surface area contributed by atoms with E-state index in [9.17, 15) is 4.79 Å². The molecule has 1 aromatic carbocycles. The van der Waals surface area contributed by atoms with Gasteiger partial charge >= 0.3 is 6.03 Å². The first-order chi connectivity index (χ1) is 8.74. The number of nitrogens with one attached hydrogen (secondary N) is 2. The Labute approximate surface area is 114 Å². The number of benzene rings is 1. The van der Waals surface area contributed by atoms with Gasteiger partial charge in [-0.1, -0.05) is 63.9 Å². The van der Waals surface area contributed by atoms with Crippen molar-refractivity contribution in [3.05, 3.63) is 35.9 Å². The van der Waals surface area contributed by atoms with Crippen molar-refractivity contribution in [1.29, 1.82) is 0 Å². The van der Waals surface area contributed by atoms with Gasteiger partial charge in [0.15, 0.2) is 0 Å². The predicted octanol–water partition coefficient (Wildman–Crippen LogP) is 4.19. The fourth-order valence-electron chi connectivity index (χ4n) is 1.08. The second-order valence-electron chi connectivity index (χ2n) is 4.10. The van der Waals surface area contributed by atoms with E-state index in [0.29, 0.717) is 6.54 Å². The fraction of sp³-hybridized carbons (Fsp3) is 0.533. The third kappa shape index (κ3) is 9.70. The summed E-state index contributed by atoms with van der Waals surface area (Å²) < 4.78 is 0. The molecule has 0 heterocycles.